The minimum Gasteiger partial charge on any atom is -0.452 e. The molecule has 6 nitrogen and oxygen atoms in total. The second-order valence-corrected chi connectivity index (χ2v) is 26.5. The zero-order valence-electron chi connectivity index (χ0n) is 18.4. The molecular weight excluding hydrogens is 401 g/mol. The SMILES string of the molecule is C=C(C)C(=O)OC(C(C)O)[Si](O[Si](C)(C)C)(O[Si](C)(C)C)O[Si](C)(C)C. The number of aliphatic hydroxyl groups is 1. The fourth-order valence-corrected chi connectivity index (χ4v) is 16.3. The fraction of sp³-hybridized carbons (Fsp3) is 0.812. The maximum atomic E-state index is 12.3. The van der Waals surface area contributed by atoms with Gasteiger partial charge in [-0.2, -0.15) is 0 Å². The van der Waals surface area contributed by atoms with Gasteiger partial charge < -0.3 is 22.2 Å². The van der Waals surface area contributed by atoms with Crippen molar-refractivity contribution in [3.8, 4) is 0 Å². The van der Waals surface area contributed by atoms with Gasteiger partial charge in [-0.1, -0.05) is 6.58 Å². The predicted molar refractivity (Wildman–Crippen MR) is 115 cm³/mol. The highest BCUT2D eigenvalue weighted by Crippen LogP contribution is 2.31. The molecule has 10 heteroatoms. The Kier molecular flexibility index (Phi) is 8.92. The van der Waals surface area contributed by atoms with E-state index in [2.05, 4.69) is 6.58 Å². The summed E-state index contributed by atoms with van der Waals surface area (Å²) >= 11 is 0. The maximum Gasteiger partial charge on any atom is 0.515 e. The molecule has 0 aromatic carbocycles. The molecule has 0 aliphatic rings. The van der Waals surface area contributed by atoms with Gasteiger partial charge >= 0.3 is 14.8 Å². The Morgan fingerprint density at radius 3 is 1.35 bits per heavy atom. The number of carbonyl (C=O) groups excluding carboxylic acids is 1. The maximum absolute atomic E-state index is 12.3. The van der Waals surface area contributed by atoms with Gasteiger partial charge in [-0.25, -0.2) is 4.79 Å². The van der Waals surface area contributed by atoms with Crippen molar-refractivity contribution in [2.24, 2.45) is 0 Å². The number of esters is 1. The highest BCUT2D eigenvalue weighted by Gasteiger charge is 2.60. The van der Waals surface area contributed by atoms with E-state index in [9.17, 15) is 9.90 Å². The molecule has 0 spiro atoms. The molecule has 0 heterocycles. The van der Waals surface area contributed by atoms with Crippen molar-refractivity contribution in [1.82, 2.24) is 0 Å². The minimum absolute atomic E-state index is 0.257. The Labute approximate surface area is 163 Å². The smallest absolute Gasteiger partial charge is 0.452 e. The molecule has 1 N–H and O–H groups in total. The summed E-state index contributed by atoms with van der Waals surface area (Å²) < 4.78 is 25.2. The Hall–Kier alpha value is -0.0825. The lowest BCUT2D eigenvalue weighted by Gasteiger charge is -2.46. The first-order valence-corrected chi connectivity index (χ1v) is 21.0. The molecule has 0 aromatic rings. The summed E-state index contributed by atoms with van der Waals surface area (Å²) in [6.45, 7) is 25.1. The van der Waals surface area contributed by atoms with E-state index >= 15 is 0 Å². The van der Waals surface area contributed by atoms with Gasteiger partial charge in [0.1, 0.15) is 0 Å². The third-order valence-electron chi connectivity index (χ3n) is 2.71. The summed E-state index contributed by atoms with van der Waals surface area (Å²) in [6.07, 6.45) is -0.992. The van der Waals surface area contributed by atoms with E-state index < -0.39 is 51.6 Å². The minimum atomic E-state index is -3.55. The monoisotopic (exact) mass is 438 g/mol. The standard InChI is InChI=1S/C16H38O6Si4/c1-13(2)15(18)19-16(14(3)17)26(20-23(4,5)6,21-24(7,8)9)22-25(10,11)12/h14,16-17H,1H2,2-12H3. The average Bonchev–Trinajstić information content (AvgIpc) is 2.27. The van der Waals surface area contributed by atoms with Crippen LogP contribution in [0.4, 0.5) is 0 Å². The first-order valence-electron chi connectivity index (χ1n) is 8.93. The van der Waals surface area contributed by atoms with Gasteiger partial charge in [0.05, 0.1) is 6.10 Å². The summed E-state index contributed by atoms with van der Waals surface area (Å²) in [6, 6.07) is 0. The molecule has 26 heavy (non-hydrogen) atoms. The average molecular weight is 439 g/mol. The number of hydrogen-bond acceptors (Lipinski definition) is 6. The molecule has 0 rings (SSSR count). The van der Waals surface area contributed by atoms with Gasteiger partial charge in [0.25, 0.3) is 0 Å². The van der Waals surface area contributed by atoms with Crippen molar-refractivity contribution < 1.29 is 27.0 Å². The van der Waals surface area contributed by atoms with E-state index in [1.54, 1.807) is 13.8 Å². The molecule has 0 aliphatic heterocycles. The van der Waals surface area contributed by atoms with Crippen LogP contribution in [-0.4, -0.2) is 56.7 Å². The number of ether oxygens (including phenoxy) is 1. The lowest BCUT2D eigenvalue weighted by atomic mass is 10.3. The predicted octanol–water partition coefficient (Wildman–Crippen LogP) is 3.89. The largest absolute Gasteiger partial charge is 0.515 e. The lowest BCUT2D eigenvalue weighted by molar-refractivity contribution is -0.147. The quantitative estimate of drug-likeness (QED) is 0.317. The van der Waals surface area contributed by atoms with Crippen LogP contribution in [0.3, 0.4) is 0 Å². The second kappa shape index (κ2) is 8.95. The molecule has 0 amide bonds. The van der Waals surface area contributed by atoms with Crippen molar-refractivity contribution in [2.75, 3.05) is 0 Å². The Morgan fingerprint density at radius 1 is 0.846 bits per heavy atom. The van der Waals surface area contributed by atoms with E-state index in [4.69, 9.17) is 17.1 Å². The summed E-state index contributed by atoms with van der Waals surface area (Å²) in [5, 5.41) is 10.5. The van der Waals surface area contributed by atoms with Crippen LogP contribution in [0, 0.1) is 0 Å². The van der Waals surface area contributed by atoms with Gasteiger partial charge in [0.15, 0.2) is 30.7 Å². The molecule has 0 saturated carbocycles. The van der Waals surface area contributed by atoms with Crippen LogP contribution < -0.4 is 0 Å². The van der Waals surface area contributed by atoms with E-state index in [1.807, 2.05) is 58.9 Å². The van der Waals surface area contributed by atoms with Crippen LogP contribution in [-0.2, 0) is 21.9 Å². The van der Waals surface area contributed by atoms with Crippen LogP contribution >= 0.6 is 0 Å². The third-order valence-corrected chi connectivity index (χ3v) is 14.8. The second-order valence-electron chi connectivity index (χ2n) is 9.59. The highest BCUT2D eigenvalue weighted by atomic mass is 28.5. The van der Waals surface area contributed by atoms with Gasteiger partial charge in [0.2, 0.25) is 0 Å². The number of aliphatic hydroxyl groups excluding tert-OH is 1. The number of carbonyl (C=O) groups is 1. The van der Waals surface area contributed by atoms with E-state index in [-0.39, 0.29) is 5.57 Å². The van der Waals surface area contributed by atoms with Crippen LogP contribution in [0.5, 0.6) is 0 Å². The highest BCUT2D eigenvalue weighted by molar-refractivity contribution is 6.90. The van der Waals surface area contributed by atoms with Crippen molar-refractivity contribution >= 4 is 39.7 Å². The van der Waals surface area contributed by atoms with Gasteiger partial charge in [-0.3, -0.25) is 0 Å². The molecule has 154 valence electrons. The molecule has 0 fully saturated rings. The van der Waals surface area contributed by atoms with Crippen LogP contribution in [0.2, 0.25) is 58.9 Å². The van der Waals surface area contributed by atoms with E-state index in [1.165, 1.54) is 0 Å². The summed E-state index contributed by atoms with van der Waals surface area (Å²) in [7, 11) is -10.00. The molecular formula is C16H38O6Si4. The Balaban J connectivity index is 6.38. The topological polar surface area (TPSA) is 74.2 Å². The van der Waals surface area contributed by atoms with Crippen molar-refractivity contribution in [2.45, 2.75) is 84.6 Å². The summed E-state index contributed by atoms with van der Waals surface area (Å²) in [5.41, 5.74) is -0.732. The molecule has 0 aromatic heterocycles. The van der Waals surface area contributed by atoms with E-state index in [0.717, 1.165) is 0 Å². The lowest BCUT2D eigenvalue weighted by Crippen LogP contribution is -2.70. The Bertz CT molecular complexity index is 462. The zero-order chi connectivity index (χ0) is 21.1. The summed E-state index contributed by atoms with van der Waals surface area (Å²) in [4.78, 5) is 12.3. The first kappa shape index (κ1) is 25.9. The van der Waals surface area contributed by atoms with Gasteiger partial charge in [0, 0.05) is 5.57 Å². The molecule has 0 aliphatic carbocycles. The molecule has 0 saturated heterocycles. The summed E-state index contributed by atoms with van der Waals surface area (Å²) in [5.74, 6) is -0.578. The number of hydrogen-bond donors (Lipinski definition) is 1. The fourth-order valence-electron chi connectivity index (χ4n) is 2.20. The molecule has 0 bridgehead atoms. The van der Waals surface area contributed by atoms with Crippen molar-refractivity contribution in [1.29, 1.82) is 0 Å². The normalized spacial score (nSPS) is 16.2. The van der Waals surface area contributed by atoms with Crippen LogP contribution in [0.1, 0.15) is 13.8 Å². The Morgan fingerprint density at radius 2 is 1.15 bits per heavy atom. The molecule has 0 radical (unpaired) electrons. The van der Waals surface area contributed by atoms with Crippen molar-refractivity contribution in [3.63, 3.8) is 0 Å². The van der Waals surface area contributed by atoms with Crippen LogP contribution in [0.15, 0.2) is 12.2 Å². The zero-order valence-corrected chi connectivity index (χ0v) is 22.4. The first-order chi connectivity index (χ1) is 11.3. The molecule has 2 atom stereocenters. The van der Waals surface area contributed by atoms with Gasteiger partial charge in [-0.05, 0) is 72.8 Å². The van der Waals surface area contributed by atoms with Gasteiger partial charge in [-0.15, -0.1) is 0 Å². The van der Waals surface area contributed by atoms with E-state index in [0.29, 0.717) is 0 Å². The molecule has 2 unspecified atom stereocenters. The van der Waals surface area contributed by atoms with Crippen molar-refractivity contribution in [3.05, 3.63) is 12.2 Å². The third kappa shape index (κ3) is 9.74. The number of rotatable bonds is 10. The van der Waals surface area contributed by atoms with Crippen LogP contribution in [0.25, 0.3) is 0 Å².